The standard InChI is InChI=1S/C6H4F6N4O/c1-2(17)15-16-3(5(7,8)9)13-14-4(16)6(10,11)12/h1H3,(H,15,17). The van der Waals surface area contributed by atoms with Crippen LogP contribution < -0.4 is 5.43 Å². The number of hydrogen-bond acceptors (Lipinski definition) is 3. The van der Waals surface area contributed by atoms with Crippen LogP contribution in [0.2, 0.25) is 0 Å². The molecule has 5 nitrogen and oxygen atoms in total. The van der Waals surface area contributed by atoms with Crippen molar-refractivity contribution in [2.24, 2.45) is 0 Å². The molecular formula is C6H4F6N4O. The number of halogens is 6. The highest BCUT2D eigenvalue weighted by molar-refractivity contribution is 5.81. The minimum atomic E-state index is -5.17. The zero-order chi connectivity index (χ0) is 13.4. The lowest BCUT2D eigenvalue weighted by molar-refractivity contribution is -0.154. The first-order valence-electron chi connectivity index (χ1n) is 3.91. The predicted octanol–water partition coefficient (Wildman–Crippen LogP) is 1.41. The van der Waals surface area contributed by atoms with Crippen LogP contribution in [-0.4, -0.2) is 20.8 Å². The Kier molecular flexibility index (Phi) is 3.03. The molecule has 96 valence electrons. The molecule has 0 fully saturated rings. The topological polar surface area (TPSA) is 59.8 Å². The van der Waals surface area contributed by atoms with Gasteiger partial charge in [-0.1, -0.05) is 0 Å². The van der Waals surface area contributed by atoms with E-state index in [4.69, 9.17) is 0 Å². The van der Waals surface area contributed by atoms with Gasteiger partial charge < -0.3 is 0 Å². The zero-order valence-electron chi connectivity index (χ0n) is 8.02. The lowest BCUT2D eigenvalue weighted by Gasteiger charge is -2.12. The number of carbonyl (C=O) groups is 1. The molecule has 0 spiro atoms. The summed E-state index contributed by atoms with van der Waals surface area (Å²) in [7, 11) is 0. The molecule has 11 heteroatoms. The fourth-order valence-corrected chi connectivity index (χ4v) is 0.915. The van der Waals surface area contributed by atoms with Gasteiger partial charge in [0.2, 0.25) is 5.91 Å². The van der Waals surface area contributed by atoms with Crippen LogP contribution in [0.25, 0.3) is 0 Å². The fraction of sp³-hybridized carbons (Fsp3) is 0.500. The first-order valence-corrected chi connectivity index (χ1v) is 3.91. The van der Waals surface area contributed by atoms with Gasteiger partial charge in [-0.05, 0) is 0 Å². The maximum Gasteiger partial charge on any atom is 0.453 e. The molecule has 0 saturated carbocycles. The van der Waals surface area contributed by atoms with Crippen molar-refractivity contribution >= 4 is 5.91 Å². The highest BCUT2D eigenvalue weighted by Crippen LogP contribution is 2.32. The monoisotopic (exact) mass is 262 g/mol. The van der Waals surface area contributed by atoms with E-state index in [-0.39, 0.29) is 0 Å². The number of hydrogen-bond donors (Lipinski definition) is 1. The molecule has 0 unspecified atom stereocenters. The summed E-state index contributed by atoms with van der Waals surface area (Å²) in [5.41, 5.74) is 1.35. The third-order valence-corrected chi connectivity index (χ3v) is 1.44. The summed E-state index contributed by atoms with van der Waals surface area (Å²) in [6.07, 6.45) is -10.3. The Bertz CT molecular complexity index is 401. The van der Waals surface area contributed by atoms with E-state index in [1.165, 1.54) is 5.43 Å². The van der Waals surface area contributed by atoms with Crippen molar-refractivity contribution in [1.29, 1.82) is 0 Å². The molecule has 0 aromatic carbocycles. The van der Waals surface area contributed by atoms with Gasteiger partial charge in [-0.15, -0.1) is 10.2 Å². The van der Waals surface area contributed by atoms with Crippen LogP contribution in [0.1, 0.15) is 18.6 Å². The second-order valence-corrected chi connectivity index (χ2v) is 2.85. The molecular weight excluding hydrogens is 258 g/mol. The number of carbonyl (C=O) groups excluding carboxylic acids is 1. The van der Waals surface area contributed by atoms with E-state index in [2.05, 4.69) is 10.2 Å². The van der Waals surface area contributed by atoms with Crippen LogP contribution in [0.4, 0.5) is 26.3 Å². The lowest BCUT2D eigenvalue weighted by atomic mass is 10.5. The second-order valence-electron chi connectivity index (χ2n) is 2.85. The zero-order valence-corrected chi connectivity index (χ0v) is 8.02. The Morgan fingerprint density at radius 2 is 1.41 bits per heavy atom. The third-order valence-electron chi connectivity index (χ3n) is 1.44. The molecule has 0 aliphatic carbocycles. The van der Waals surface area contributed by atoms with Gasteiger partial charge >= 0.3 is 12.4 Å². The quantitative estimate of drug-likeness (QED) is 0.778. The Hall–Kier alpha value is -1.81. The number of amides is 1. The molecule has 0 radical (unpaired) electrons. The summed E-state index contributed by atoms with van der Waals surface area (Å²) in [4.78, 5) is 10.5. The average molecular weight is 262 g/mol. The van der Waals surface area contributed by atoms with E-state index in [0.717, 1.165) is 6.92 Å². The maximum absolute atomic E-state index is 12.3. The first-order chi connectivity index (χ1) is 7.53. The number of alkyl halides is 6. The molecule has 1 amide bonds. The summed E-state index contributed by atoms with van der Waals surface area (Å²) in [6, 6.07) is 0. The molecule has 1 aromatic rings. The molecule has 1 heterocycles. The predicted molar refractivity (Wildman–Crippen MR) is 40.1 cm³/mol. The van der Waals surface area contributed by atoms with E-state index >= 15 is 0 Å². The molecule has 1 rings (SSSR count). The number of aromatic nitrogens is 3. The average Bonchev–Trinajstić information content (AvgIpc) is 2.43. The van der Waals surface area contributed by atoms with E-state index in [1.54, 1.807) is 0 Å². The van der Waals surface area contributed by atoms with Crippen molar-refractivity contribution in [1.82, 2.24) is 14.9 Å². The molecule has 17 heavy (non-hydrogen) atoms. The van der Waals surface area contributed by atoms with Gasteiger partial charge in [-0.2, -0.15) is 26.3 Å². The normalized spacial score (nSPS) is 12.6. The number of nitrogens with zero attached hydrogens (tertiary/aromatic N) is 3. The van der Waals surface area contributed by atoms with Crippen molar-refractivity contribution in [3.63, 3.8) is 0 Å². The summed E-state index contributed by atoms with van der Waals surface area (Å²) >= 11 is 0. The fourth-order valence-electron chi connectivity index (χ4n) is 0.915. The highest BCUT2D eigenvalue weighted by atomic mass is 19.4. The van der Waals surface area contributed by atoms with Crippen LogP contribution in [-0.2, 0) is 17.1 Å². The Morgan fingerprint density at radius 1 is 1.06 bits per heavy atom. The highest BCUT2D eigenvalue weighted by Gasteiger charge is 2.45. The molecule has 1 aromatic heterocycles. The van der Waals surface area contributed by atoms with E-state index in [9.17, 15) is 31.1 Å². The van der Waals surface area contributed by atoms with Crippen LogP contribution >= 0.6 is 0 Å². The summed E-state index contributed by atoms with van der Waals surface area (Å²) in [5.74, 6) is -5.04. The summed E-state index contributed by atoms with van der Waals surface area (Å²) < 4.78 is 73.0. The van der Waals surface area contributed by atoms with Crippen LogP contribution in [0.3, 0.4) is 0 Å². The molecule has 0 aliphatic rings. The largest absolute Gasteiger partial charge is 0.453 e. The summed E-state index contributed by atoms with van der Waals surface area (Å²) in [5, 5.41) is 4.72. The van der Waals surface area contributed by atoms with Crippen molar-refractivity contribution in [2.45, 2.75) is 19.3 Å². The van der Waals surface area contributed by atoms with Crippen molar-refractivity contribution < 1.29 is 31.1 Å². The van der Waals surface area contributed by atoms with Gasteiger partial charge in [0.1, 0.15) is 0 Å². The molecule has 0 saturated heterocycles. The van der Waals surface area contributed by atoms with Gasteiger partial charge in [0.15, 0.2) is 0 Å². The molecule has 0 aliphatic heterocycles. The second kappa shape index (κ2) is 3.89. The summed E-state index contributed by atoms with van der Waals surface area (Å²) in [6.45, 7) is 0.750. The van der Waals surface area contributed by atoms with E-state index in [1.807, 2.05) is 0 Å². The van der Waals surface area contributed by atoms with Crippen LogP contribution in [0, 0.1) is 0 Å². The number of nitrogens with one attached hydrogen (secondary N) is 1. The van der Waals surface area contributed by atoms with Gasteiger partial charge in [0, 0.05) is 6.92 Å². The Labute approximate surface area is 89.4 Å². The first kappa shape index (κ1) is 13.3. The van der Waals surface area contributed by atoms with Crippen LogP contribution in [0.5, 0.6) is 0 Å². The Balaban J connectivity index is 3.35. The minimum absolute atomic E-state index is 0.539. The van der Waals surface area contributed by atoms with E-state index < -0.39 is 34.6 Å². The molecule has 0 atom stereocenters. The SMILES string of the molecule is CC(=O)Nn1c(C(F)(F)F)nnc1C(F)(F)F. The molecule has 1 N–H and O–H groups in total. The number of rotatable bonds is 1. The molecule has 0 bridgehead atoms. The van der Waals surface area contributed by atoms with Crippen molar-refractivity contribution in [3.05, 3.63) is 11.6 Å². The van der Waals surface area contributed by atoms with Gasteiger partial charge in [-0.3, -0.25) is 10.2 Å². The van der Waals surface area contributed by atoms with Crippen molar-refractivity contribution in [2.75, 3.05) is 5.43 Å². The maximum atomic E-state index is 12.3. The van der Waals surface area contributed by atoms with Gasteiger partial charge in [0.05, 0.1) is 0 Å². The Morgan fingerprint density at radius 3 is 1.65 bits per heavy atom. The minimum Gasteiger partial charge on any atom is -0.274 e. The third kappa shape index (κ3) is 2.85. The van der Waals surface area contributed by atoms with Gasteiger partial charge in [-0.25, -0.2) is 4.68 Å². The van der Waals surface area contributed by atoms with Gasteiger partial charge in [0.25, 0.3) is 11.6 Å². The van der Waals surface area contributed by atoms with Crippen molar-refractivity contribution in [3.8, 4) is 0 Å². The smallest absolute Gasteiger partial charge is 0.274 e. The lowest BCUT2D eigenvalue weighted by Crippen LogP contribution is -2.30. The van der Waals surface area contributed by atoms with Crippen LogP contribution in [0.15, 0.2) is 0 Å². The van der Waals surface area contributed by atoms with E-state index in [0.29, 0.717) is 0 Å².